The topological polar surface area (TPSA) is 91.7 Å². The smallest absolute Gasteiger partial charge is 0.304 e. The van der Waals surface area contributed by atoms with E-state index in [1.54, 1.807) is 0 Å². The van der Waals surface area contributed by atoms with Gasteiger partial charge in [0.2, 0.25) is 0 Å². The van der Waals surface area contributed by atoms with Crippen molar-refractivity contribution >= 4 is 17.7 Å². The van der Waals surface area contributed by atoms with E-state index in [0.29, 0.717) is 12.8 Å². The highest BCUT2D eigenvalue weighted by atomic mass is 16.4. The SMILES string of the molecule is CCCCC(CC(=O)O)C(=O)C(CCCC)CC(=O)O. The molecule has 0 aromatic heterocycles. The summed E-state index contributed by atoms with van der Waals surface area (Å²) < 4.78 is 0. The molecule has 20 heavy (non-hydrogen) atoms. The van der Waals surface area contributed by atoms with Crippen LogP contribution in [0, 0.1) is 11.8 Å². The zero-order valence-electron chi connectivity index (χ0n) is 12.4. The normalized spacial score (nSPS) is 13.7. The van der Waals surface area contributed by atoms with Crippen molar-refractivity contribution in [2.75, 3.05) is 0 Å². The first-order valence-corrected chi connectivity index (χ1v) is 7.39. The Kier molecular flexibility index (Phi) is 9.68. The lowest BCUT2D eigenvalue weighted by Gasteiger charge is -2.20. The van der Waals surface area contributed by atoms with E-state index in [0.717, 1.165) is 25.7 Å². The fourth-order valence-electron chi connectivity index (χ4n) is 2.35. The van der Waals surface area contributed by atoms with Crippen LogP contribution < -0.4 is 0 Å². The van der Waals surface area contributed by atoms with E-state index >= 15 is 0 Å². The highest BCUT2D eigenvalue weighted by molar-refractivity contribution is 5.89. The number of carboxylic acid groups (broad SMARTS) is 2. The molecule has 5 nitrogen and oxygen atoms in total. The van der Waals surface area contributed by atoms with Crippen molar-refractivity contribution in [1.82, 2.24) is 0 Å². The maximum atomic E-state index is 12.4. The Bertz CT molecular complexity index is 294. The van der Waals surface area contributed by atoms with E-state index in [2.05, 4.69) is 0 Å². The van der Waals surface area contributed by atoms with E-state index < -0.39 is 23.8 Å². The molecule has 5 heteroatoms. The van der Waals surface area contributed by atoms with Crippen LogP contribution in [0.4, 0.5) is 0 Å². The van der Waals surface area contributed by atoms with E-state index in [9.17, 15) is 14.4 Å². The van der Waals surface area contributed by atoms with Gasteiger partial charge in [0.25, 0.3) is 0 Å². The molecule has 2 atom stereocenters. The maximum Gasteiger partial charge on any atom is 0.304 e. The molecule has 0 spiro atoms. The Morgan fingerprint density at radius 3 is 1.40 bits per heavy atom. The maximum absolute atomic E-state index is 12.4. The molecule has 0 saturated carbocycles. The fourth-order valence-corrected chi connectivity index (χ4v) is 2.35. The van der Waals surface area contributed by atoms with Crippen LogP contribution in [0.3, 0.4) is 0 Å². The van der Waals surface area contributed by atoms with Gasteiger partial charge >= 0.3 is 11.9 Å². The molecule has 0 fully saturated rings. The summed E-state index contributed by atoms with van der Waals surface area (Å²) in [4.78, 5) is 34.1. The average Bonchev–Trinajstić information content (AvgIpc) is 2.37. The first kappa shape index (κ1) is 18.6. The quantitative estimate of drug-likeness (QED) is 0.575. The molecule has 0 rings (SSSR count). The second-order valence-electron chi connectivity index (χ2n) is 5.28. The molecule has 0 heterocycles. The Labute approximate surface area is 120 Å². The Balaban J connectivity index is 4.80. The molecule has 0 radical (unpaired) electrons. The van der Waals surface area contributed by atoms with Crippen molar-refractivity contribution in [2.45, 2.75) is 65.2 Å². The number of hydrogen-bond acceptors (Lipinski definition) is 3. The number of rotatable bonds is 12. The summed E-state index contributed by atoms with van der Waals surface area (Å²) in [7, 11) is 0. The number of carboxylic acids is 2. The summed E-state index contributed by atoms with van der Waals surface area (Å²) in [6, 6.07) is 0. The predicted octanol–water partition coefficient (Wildman–Crippen LogP) is 3.12. The number of carbonyl (C=O) groups is 3. The third kappa shape index (κ3) is 7.92. The van der Waals surface area contributed by atoms with Crippen molar-refractivity contribution in [1.29, 1.82) is 0 Å². The van der Waals surface area contributed by atoms with Crippen LogP contribution in [-0.4, -0.2) is 27.9 Å². The van der Waals surface area contributed by atoms with Gasteiger partial charge in [-0.2, -0.15) is 0 Å². The number of aliphatic carboxylic acids is 2. The molecule has 0 aromatic rings. The van der Waals surface area contributed by atoms with Gasteiger partial charge in [-0.3, -0.25) is 14.4 Å². The van der Waals surface area contributed by atoms with Gasteiger partial charge in [0, 0.05) is 11.8 Å². The molecule has 0 aromatic carbocycles. The fraction of sp³-hybridized carbons (Fsp3) is 0.800. The van der Waals surface area contributed by atoms with Crippen molar-refractivity contribution in [2.24, 2.45) is 11.8 Å². The molecule has 2 N–H and O–H groups in total. The predicted molar refractivity (Wildman–Crippen MR) is 75.5 cm³/mol. The van der Waals surface area contributed by atoms with Gasteiger partial charge in [-0.05, 0) is 12.8 Å². The molecule has 2 unspecified atom stereocenters. The zero-order valence-corrected chi connectivity index (χ0v) is 12.4. The molecular formula is C15H26O5. The third-order valence-electron chi connectivity index (χ3n) is 3.46. The lowest BCUT2D eigenvalue weighted by atomic mass is 9.83. The first-order valence-electron chi connectivity index (χ1n) is 7.39. The van der Waals surface area contributed by atoms with Crippen LogP contribution in [0.25, 0.3) is 0 Å². The van der Waals surface area contributed by atoms with E-state index in [1.807, 2.05) is 13.8 Å². The van der Waals surface area contributed by atoms with Crippen molar-refractivity contribution in [3.63, 3.8) is 0 Å². The standard InChI is InChI=1S/C15H26O5/c1-3-5-7-11(9-13(16)17)15(20)12(8-6-4-2)10-14(18)19/h11-12H,3-10H2,1-2H3,(H,16,17)(H,18,19). The van der Waals surface area contributed by atoms with Gasteiger partial charge < -0.3 is 10.2 Å². The minimum atomic E-state index is -0.996. The van der Waals surface area contributed by atoms with Gasteiger partial charge in [0.1, 0.15) is 5.78 Å². The summed E-state index contributed by atoms with van der Waals surface area (Å²) in [5.41, 5.74) is 0. The van der Waals surface area contributed by atoms with Crippen LogP contribution in [-0.2, 0) is 14.4 Å². The van der Waals surface area contributed by atoms with Crippen molar-refractivity contribution in [3.05, 3.63) is 0 Å². The van der Waals surface area contributed by atoms with Gasteiger partial charge in [-0.1, -0.05) is 39.5 Å². The third-order valence-corrected chi connectivity index (χ3v) is 3.46. The van der Waals surface area contributed by atoms with E-state index in [4.69, 9.17) is 10.2 Å². The first-order chi connectivity index (χ1) is 9.42. The summed E-state index contributed by atoms with van der Waals surface area (Å²) in [6.07, 6.45) is 4.04. The number of hydrogen-bond donors (Lipinski definition) is 2. The van der Waals surface area contributed by atoms with Gasteiger partial charge in [0.15, 0.2) is 0 Å². The second-order valence-corrected chi connectivity index (χ2v) is 5.28. The lowest BCUT2D eigenvalue weighted by Crippen LogP contribution is -2.27. The molecule has 0 bridgehead atoms. The van der Waals surface area contributed by atoms with Crippen LogP contribution in [0.5, 0.6) is 0 Å². The second kappa shape index (κ2) is 10.4. The van der Waals surface area contributed by atoms with Crippen molar-refractivity contribution < 1.29 is 24.6 Å². The van der Waals surface area contributed by atoms with Gasteiger partial charge in [-0.25, -0.2) is 0 Å². The Morgan fingerprint density at radius 2 is 1.15 bits per heavy atom. The largest absolute Gasteiger partial charge is 0.481 e. The summed E-state index contributed by atoms with van der Waals surface area (Å²) in [5.74, 6) is -3.27. The molecule has 0 amide bonds. The summed E-state index contributed by atoms with van der Waals surface area (Å²) in [5, 5.41) is 17.8. The molecular weight excluding hydrogens is 260 g/mol. The van der Waals surface area contributed by atoms with Crippen LogP contribution in [0.2, 0.25) is 0 Å². The van der Waals surface area contributed by atoms with Crippen LogP contribution >= 0.6 is 0 Å². The Hall–Kier alpha value is -1.39. The zero-order chi connectivity index (χ0) is 15.5. The van der Waals surface area contributed by atoms with E-state index in [-0.39, 0.29) is 18.6 Å². The number of Topliss-reactive ketones (excluding diaryl/α,β-unsaturated/α-hetero) is 1. The van der Waals surface area contributed by atoms with Gasteiger partial charge in [-0.15, -0.1) is 0 Å². The minimum Gasteiger partial charge on any atom is -0.481 e. The lowest BCUT2D eigenvalue weighted by molar-refractivity contribution is -0.144. The number of carbonyl (C=O) groups excluding carboxylic acids is 1. The van der Waals surface area contributed by atoms with Crippen molar-refractivity contribution in [3.8, 4) is 0 Å². The summed E-state index contributed by atoms with van der Waals surface area (Å²) >= 11 is 0. The molecule has 0 aliphatic carbocycles. The van der Waals surface area contributed by atoms with Crippen LogP contribution in [0.1, 0.15) is 65.2 Å². The highest BCUT2D eigenvalue weighted by Crippen LogP contribution is 2.24. The number of unbranched alkanes of at least 4 members (excludes halogenated alkanes) is 2. The van der Waals surface area contributed by atoms with Gasteiger partial charge in [0.05, 0.1) is 12.8 Å². The molecule has 0 saturated heterocycles. The molecule has 0 aliphatic rings. The average molecular weight is 286 g/mol. The van der Waals surface area contributed by atoms with E-state index in [1.165, 1.54) is 0 Å². The monoisotopic (exact) mass is 286 g/mol. The minimum absolute atomic E-state index is 0.184. The number of ketones is 1. The molecule has 116 valence electrons. The van der Waals surface area contributed by atoms with Crippen LogP contribution in [0.15, 0.2) is 0 Å². The molecule has 0 aliphatic heterocycles. The highest BCUT2D eigenvalue weighted by Gasteiger charge is 2.29. The summed E-state index contributed by atoms with van der Waals surface area (Å²) in [6.45, 7) is 3.96. The Morgan fingerprint density at radius 1 is 0.800 bits per heavy atom.